The molecule has 20 heavy (non-hydrogen) atoms. The summed E-state index contributed by atoms with van der Waals surface area (Å²) in [4.78, 5) is 0. The Balaban J connectivity index is 4.06. The number of rotatable bonds is 13. The maximum atomic E-state index is 9.65. The van der Waals surface area contributed by atoms with Gasteiger partial charge in [0.05, 0.1) is 12.7 Å². The van der Waals surface area contributed by atoms with Gasteiger partial charge in [-0.15, -0.1) is 0 Å². The molecule has 0 fully saturated rings. The molecule has 0 aliphatic carbocycles. The fourth-order valence-corrected chi connectivity index (χ4v) is 4.37. The standard InChI is InChI=1S/C14H32O5Si/c1-6-17-20(18-7-2,19-8-3)11-9-10-16-12-14(15)13(4)5/h13-15H,6-12H2,1-5H3. The second kappa shape index (κ2) is 11.7. The van der Waals surface area contributed by atoms with Crippen molar-refractivity contribution in [1.29, 1.82) is 0 Å². The van der Waals surface area contributed by atoms with Gasteiger partial charge in [-0.05, 0) is 33.1 Å². The van der Waals surface area contributed by atoms with Crippen LogP contribution in [0.4, 0.5) is 0 Å². The minimum atomic E-state index is -2.54. The van der Waals surface area contributed by atoms with Crippen LogP contribution in [0.1, 0.15) is 41.0 Å². The Hall–Kier alpha value is 0.0169. The van der Waals surface area contributed by atoms with E-state index in [1.165, 1.54) is 0 Å². The van der Waals surface area contributed by atoms with Crippen molar-refractivity contribution < 1.29 is 23.1 Å². The highest BCUT2D eigenvalue weighted by Crippen LogP contribution is 2.18. The van der Waals surface area contributed by atoms with E-state index in [0.29, 0.717) is 33.0 Å². The van der Waals surface area contributed by atoms with Crippen molar-refractivity contribution in [2.75, 3.05) is 33.0 Å². The van der Waals surface area contributed by atoms with Crippen LogP contribution in [0.25, 0.3) is 0 Å². The summed E-state index contributed by atoms with van der Waals surface area (Å²) in [6.45, 7) is 12.6. The quantitative estimate of drug-likeness (QED) is 0.418. The molecule has 1 unspecified atom stereocenters. The van der Waals surface area contributed by atoms with Gasteiger partial charge in [0, 0.05) is 32.5 Å². The first-order valence-electron chi connectivity index (χ1n) is 7.69. The maximum Gasteiger partial charge on any atom is 0.501 e. The lowest BCUT2D eigenvalue weighted by Gasteiger charge is -2.28. The largest absolute Gasteiger partial charge is 0.501 e. The van der Waals surface area contributed by atoms with E-state index in [4.69, 9.17) is 18.0 Å². The summed E-state index contributed by atoms with van der Waals surface area (Å²) in [6, 6.07) is 0.750. The van der Waals surface area contributed by atoms with E-state index in [1.54, 1.807) is 0 Å². The normalized spacial score (nSPS) is 13.9. The van der Waals surface area contributed by atoms with Gasteiger partial charge in [0.15, 0.2) is 0 Å². The first-order valence-corrected chi connectivity index (χ1v) is 9.62. The van der Waals surface area contributed by atoms with Gasteiger partial charge in [0.2, 0.25) is 0 Å². The summed E-state index contributed by atoms with van der Waals surface area (Å²) in [5, 5.41) is 9.65. The Morgan fingerprint density at radius 3 is 1.85 bits per heavy atom. The zero-order valence-electron chi connectivity index (χ0n) is 13.7. The maximum absolute atomic E-state index is 9.65. The molecule has 122 valence electrons. The van der Waals surface area contributed by atoms with Gasteiger partial charge in [-0.1, -0.05) is 13.8 Å². The van der Waals surface area contributed by atoms with Gasteiger partial charge in [-0.2, -0.15) is 0 Å². The summed E-state index contributed by atoms with van der Waals surface area (Å²) in [6.07, 6.45) is 0.416. The van der Waals surface area contributed by atoms with Crippen molar-refractivity contribution in [3.05, 3.63) is 0 Å². The first-order chi connectivity index (χ1) is 9.51. The van der Waals surface area contributed by atoms with Crippen LogP contribution >= 0.6 is 0 Å². The van der Waals surface area contributed by atoms with Gasteiger partial charge in [0.1, 0.15) is 0 Å². The van der Waals surface area contributed by atoms with Crippen LogP contribution < -0.4 is 0 Å². The molecule has 0 saturated carbocycles. The Kier molecular flexibility index (Phi) is 11.7. The average Bonchev–Trinajstić information content (AvgIpc) is 2.39. The summed E-state index contributed by atoms with van der Waals surface area (Å²) in [7, 11) is -2.54. The van der Waals surface area contributed by atoms with Crippen molar-refractivity contribution >= 4 is 8.80 Å². The molecule has 0 aromatic rings. The minimum Gasteiger partial charge on any atom is -0.390 e. The van der Waals surface area contributed by atoms with Crippen molar-refractivity contribution in [1.82, 2.24) is 0 Å². The third kappa shape index (κ3) is 8.34. The molecule has 0 aliphatic heterocycles. The zero-order chi connectivity index (χ0) is 15.4. The molecule has 5 nitrogen and oxygen atoms in total. The fourth-order valence-electron chi connectivity index (χ4n) is 1.79. The van der Waals surface area contributed by atoms with Gasteiger partial charge in [-0.25, -0.2) is 0 Å². The lowest BCUT2D eigenvalue weighted by molar-refractivity contribution is 0.0111. The summed E-state index contributed by atoms with van der Waals surface area (Å²) >= 11 is 0. The van der Waals surface area contributed by atoms with Crippen molar-refractivity contribution in [2.45, 2.75) is 53.2 Å². The molecule has 0 heterocycles. The number of hydrogen-bond donors (Lipinski definition) is 1. The van der Waals surface area contributed by atoms with E-state index < -0.39 is 14.9 Å². The van der Waals surface area contributed by atoms with Crippen LogP contribution in [-0.4, -0.2) is 53.0 Å². The molecule has 0 rings (SSSR count). The number of hydrogen-bond acceptors (Lipinski definition) is 5. The van der Waals surface area contributed by atoms with Crippen LogP contribution in [0.5, 0.6) is 0 Å². The molecular weight excluding hydrogens is 276 g/mol. The first kappa shape index (κ1) is 20.0. The van der Waals surface area contributed by atoms with E-state index in [0.717, 1.165) is 12.5 Å². The highest BCUT2D eigenvalue weighted by Gasteiger charge is 2.39. The fraction of sp³-hybridized carbons (Fsp3) is 1.00. The van der Waals surface area contributed by atoms with Crippen molar-refractivity contribution in [3.63, 3.8) is 0 Å². The highest BCUT2D eigenvalue weighted by atomic mass is 28.4. The third-order valence-electron chi connectivity index (χ3n) is 2.92. The van der Waals surface area contributed by atoms with Crippen molar-refractivity contribution in [3.8, 4) is 0 Å². The minimum absolute atomic E-state index is 0.221. The molecule has 1 atom stereocenters. The van der Waals surface area contributed by atoms with Crippen molar-refractivity contribution in [2.24, 2.45) is 5.92 Å². The monoisotopic (exact) mass is 308 g/mol. The highest BCUT2D eigenvalue weighted by molar-refractivity contribution is 6.60. The van der Waals surface area contributed by atoms with Crippen LogP contribution in [-0.2, 0) is 18.0 Å². The summed E-state index contributed by atoms with van der Waals surface area (Å²) in [5.74, 6) is 0.221. The molecule has 0 saturated heterocycles. The molecule has 0 spiro atoms. The molecular formula is C14H32O5Si. The Bertz CT molecular complexity index is 209. The second-order valence-corrected chi connectivity index (χ2v) is 7.70. The molecule has 0 amide bonds. The smallest absolute Gasteiger partial charge is 0.390 e. The lowest BCUT2D eigenvalue weighted by atomic mass is 10.1. The number of aliphatic hydroxyl groups is 1. The van der Waals surface area contributed by atoms with E-state index >= 15 is 0 Å². The van der Waals surface area contributed by atoms with Gasteiger partial charge < -0.3 is 23.1 Å². The predicted molar refractivity (Wildman–Crippen MR) is 81.7 cm³/mol. The van der Waals surface area contributed by atoms with Gasteiger partial charge >= 0.3 is 8.80 Å². The Morgan fingerprint density at radius 1 is 0.950 bits per heavy atom. The molecule has 6 heteroatoms. The molecule has 0 aliphatic rings. The summed E-state index contributed by atoms with van der Waals surface area (Å²) < 4.78 is 22.8. The SMILES string of the molecule is CCO[Si](CCCOCC(O)C(C)C)(OCC)OCC. The van der Waals surface area contributed by atoms with Crippen LogP contribution in [0.2, 0.25) is 6.04 Å². The predicted octanol–water partition coefficient (Wildman–Crippen LogP) is 2.46. The molecule has 0 aromatic heterocycles. The van der Waals surface area contributed by atoms with Crippen LogP contribution in [0.3, 0.4) is 0 Å². The topological polar surface area (TPSA) is 57.2 Å². The lowest BCUT2D eigenvalue weighted by Crippen LogP contribution is -2.46. The van der Waals surface area contributed by atoms with E-state index in [2.05, 4.69) is 0 Å². The third-order valence-corrected chi connectivity index (χ3v) is 6.07. The van der Waals surface area contributed by atoms with Gasteiger partial charge in [-0.3, -0.25) is 0 Å². The molecule has 0 bridgehead atoms. The van der Waals surface area contributed by atoms with E-state index in [9.17, 15) is 5.11 Å². The Morgan fingerprint density at radius 2 is 1.45 bits per heavy atom. The molecule has 1 N–H and O–H groups in total. The zero-order valence-corrected chi connectivity index (χ0v) is 14.7. The average molecular weight is 308 g/mol. The van der Waals surface area contributed by atoms with E-state index in [-0.39, 0.29) is 5.92 Å². The molecule has 0 aromatic carbocycles. The van der Waals surface area contributed by atoms with Gasteiger partial charge in [0.25, 0.3) is 0 Å². The van der Waals surface area contributed by atoms with Crippen LogP contribution in [0.15, 0.2) is 0 Å². The Labute approximate surface area is 124 Å². The van der Waals surface area contributed by atoms with E-state index in [1.807, 2.05) is 34.6 Å². The number of ether oxygens (including phenoxy) is 1. The summed E-state index contributed by atoms with van der Waals surface area (Å²) in [5.41, 5.74) is 0. The number of aliphatic hydroxyl groups excluding tert-OH is 1. The second-order valence-electron chi connectivity index (χ2n) is 4.97. The van der Waals surface area contributed by atoms with Crippen LogP contribution in [0, 0.1) is 5.92 Å². The molecule has 0 radical (unpaired) electrons.